The fourth-order valence-corrected chi connectivity index (χ4v) is 2.25. The number of carbonyl (C=O) groups excluding carboxylic acids is 1. The number of aromatic nitrogens is 2. The lowest BCUT2D eigenvalue weighted by molar-refractivity contribution is 0.0960. The minimum Gasteiger partial charge on any atom is -0.294 e. The van der Waals surface area contributed by atoms with Crippen LogP contribution in [0.1, 0.15) is 48.2 Å². The normalized spacial score (nSPS) is 16.9. The predicted molar refractivity (Wildman–Crippen MR) is 57.7 cm³/mol. The molecule has 1 aromatic rings. The van der Waals surface area contributed by atoms with E-state index >= 15 is 0 Å². The average molecular weight is 204 g/mol. The number of rotatable bonds is 3. The smallest absolute Gasteiger partial charge is 0.166 e. The van der Waals surface area contributed by atoms with Gasteiger partial charge in [0.1, 0.15) is 6.33 Å². The van der Waals surface area contributed by atoms with Crippen LogP contribution in [-0.4, -0.2) is 15.8 Å². The van der Waals surface area contributed by atoms with Crippen molar-refractivity contribution in [3.63, 3.8) is 0 Å². The molecule has 0 radical (unpaired) electrons. The second kappa shape index (κ2) is 4.51. The first kappa shape index (κ1) is 10.3. The fourth-order valence-electron chi connectivity index (χ4n) is 2.25. The third kappa shape index (κ3) is 2.41. The van der Waals surface area contributed by atoms with Gasteiger partial charge in [-0.2, -0.15) is 0 Å². The van der Waals surface area contributed by atoms with Gasteiger partial charge < -0.3 is 0 Å². The van der Waals surface area contributed by atoms with E-state index < -0.39 is 0 Å². The van der Waals surface area contributed by atoms with Crippen LogP contribution in [0.3, 0.4) is 0 Å². The number of aryl methyl sites for hydroxylation is 1. The SMILES string of the molecule is Cc1ncncc1C(=O)CC1CCCC1. The molecule has 1 aromatic heterocycles. The monoisotopic (exact) mass is 204 g/mol. The van der Waals surface area contributed by atoms with Crippen molar-refractivity contribution < 1.29 is 4.79 Å². The van der Waals surface area contributed by atoms with Crippen LogP contribution in [-0.2, 0) is 0 Å². The molecule has 1 saturated carbocycles. The number of Topliss-reactive ketones (excluding diaryl/α,β-unsaturated/α-hetero) is 1. The number of ketones is 1. The summed E-state index contributed by atoms with van der Waals surface area (Å²) in [5.74, 6) is 0.803. The zero-order valence-corrected chi connectivity index (χ0v) is 9.07. The van der Waals surface area contributed by atoms with Crippen molar-refractivity contribution in [3.05, 3.63) is 23.8 Å². The maximum absolute atomic E-state index is 11.9. The Morgan fingerprint density at radius 1 is 1.47 bits per heavy atom. The van der Waals surface area contributed by atoms with E-state index in [9.17, 15) is 4.79 Å². The Hall–Kier alpha value is -1.25. The van der Waals surface area contributed by atoms with Crippen molar-refractivity contribution in [1.82, 2.24) is 9.97 Å². The summed E-state index contributed by atoms with van der Waals surface area (Å²) in [6.07, 6.45) is 8.77. The zero-order valence-electron chi connectivity index (χ0n) is 9.07. The highest BCUT2D eigenvalue weighted by atomic mass is 16.1. The Morgan fingerprint density at radius 2 is 2.20 bits per heavy atom. The van der Waals surface area contributed by atoms with Crippen molar-refractivity contribution >= 4 is 5.78 Å². The summed E-state index contributed by atoms with van der Waals surface area (Å²) in [7, 11) is 0. The fraction of sp³-hybridized carbons (Fsp3) is 0.583. The van der Waals surface area contributed by atoms with Gasteiger partial charge in [-0.1, -0.05) is 25.7 Å². The first-order valence-electron chi connectivity index (χ1n) is 5.57. The minimum absolute atomic E-state index is 0.208. The van der Waals surface area contributed by atoms with E-state index in [1.165, 1.54) is 32.0 Å². The molecule has 0 amide bonds. The summed E-state index contributed by atoms with van der Waals surface area (Å²) in [5, 5.41) is 0. The largest absolute Gasteiger partial charge is 0.294 e. The van der Waals surface area contributed by atoms with Gasteiger partial charge in [-0.15, -0.1) is 0 Å². The van der Waals surface area contributed by atoms with Crippen LogP contribution in [0.15, 0.2) is 12.5 Å². The lowest BCUT2D eigenvalue weighted by atomic mass is 9.97. The van der Waals surface area contributed by atoms with E-state index in [1.54, 1.807) is 6.20 Å². The Morgan fingerprint density at radius 3 is 2.87 bits per heavy atom. The average Bonchev–Trinajstić information content (AvgIpc) is 2.71. The van der Waals surface area contributed by atoms with Crippen LogP contribution in [0.4, 0.5) is 0 Å². The van der Waals surface area contributed by atoms with E-state index in [0.29, 0.717) is 17.9 Å². The van der Waals surface area contributed by atoms with Crippen LogP contribution in [0, 0.1) is 12.8 Å². The molecule has 1 heterocycles. The third-order valence-electron chi connectivity index (χ3n) is 3.16. The van der Waals surface area contributed by atoms with E-state index in [2.05, 4.69) is 9.97 Å². The van der Waals surface area contributed by atoms with Gasteiger partial charge in [0.25, 0.3) is 0 Å². The van der Waals surface area contributed by atoms with Crippen LogP contribution in [0.5, 0.6) is 0 Å². The molecule has 1 fully saturated rings. The molecule has 1 aliphatic carbocycles. The molecule has 0 aromatic carbocycles. The predicted octanol–water partition coefficient (Wildman–Crippen LogP) is 2.55. The summed E-state index contributed by atoms with van der Waals surface area (Å²) in [6, 6.07) is 0. The van der Waals surface area contributed by atoms with E-state index in [0.717, 1.165) is 5.69 Å². The standard InChI is InChI=1S/C12H16N2O/c1-9-11(7-13-8-14-9)12(15)6-10-4-2-3-5-10/h7-8,10H,2-6H2,1H3. The molecular weight excluding hydrogens is 188 g/mol. The molecule has 0 N–H and O–H groups in total. The van der Waals surface area contributed by atoms with Gasteiger partial charge in [0.2, 0.25) is 0 Å². The van der Waals surface area contributed by atoms with Crippen LogP contribution < -0.4 is 0 Å². The van der Waals surface area contributed by atoms with Gasteiger partial charge in [0, 0.05) is 12.6 Å². The van der Waals surface area contributed by atoms with Crippen molar-refractivity contribution in [3.8, 4) is 0 Å². The molecule has 0 spiro atoms. The molecule has 3 heteroatoms. The summed E-state index contributed by atoms with van der Waals surface area (Å²) in [5.41, 5.74) is 1.50. The quantitative estimate of drug-likeness (QED) is 0.710. The maximum atomic E-state index is 11.9. The first-order chi connectivity index (χ1) is 7.27. The van der Waals surface area contributed by atoms with Gasteiger partial charge in [0.05, 0.1) is 11.3 Å². The molecule has 80 valence electrons. The molecule has 0 aliphatic heterocycles. The molecule has 3 nitrogen and oxygen atoms in total. The van der Waals surface area contributed by atoms with Crippen molar-refractivity contribution in [2.45, 2.75) is 39.0 Å². The highest BCUT2D eigenvalue weighted by Gasteiger charge is 2.20. The molecule has 0 unspecified atom stereocenters. The van der Waals surface area contributed by atoms with Crippen molar-refractivity contribution in [2.24, 2.45) is 5.92 Å². The van der Waals surface area contributed by atoms with Crippen molar-refractivity contribution in [1.29, 1.82) is 0 Å². The number of nitrogens with zero attached hydrogens (tertiary/aromatic N) is 2. The summed E-state index contributed by atoms with van der Waals surface area (Å²) < 4.78 is 0. The lowest BCUT2D eigenvalue weighted by Gasteiger charge is -2.08. The lowest BCUT2D eigenvalue weighted by Crippen LogP contribution is -2.08. The molecule has 0 saturated heterocycles. The van der Waals surface area contributed by atoms with E-state index in [4.69, 9.17) is 0 Å². The van der Waals surface area contributed by atoms with E-state index in [-0.39, 0.29) is 5.78 Å². The van der Waals surface area contributed by atoms with Gasteiger partial charge in [0.15, 0.2) is 5.78 Å². The summed E-state index contributed by atoms with van der Waals surface area (Å²) in [6.45, 7) is 1.86. The van der Waals surface area contributed by atoms with Gasteiger partial charge in [-0.25, -0.2) is 9.97 Å². The Kier molecular flexibility index (Phi) is 3.09. The second-order valence-electron chi connectivity index (χ2n) is 4.30. The second-order valence-corrected chi connectivity index (χ2v) is 4.30. The molecule has 0 bridgehead atoms. The maximum Gasteiger partial charge on any atom is 0.166 e. The molecule has 1 aliphatic rings. The number of hydrogen-bond acceptors (Lipinski definition) is 3. The summed E-state index contributed by atoms with van der Waals surface area (Å²) >= 11 is 0. The Balaban J connectivity index is 2.04. The first-order valence-corrected chi connectivity index (χ1v) is 5.57. The highest BCUT2D eigenvalue weighted by molar-refractivity contribution is 5.96. The van der Waals surface area contributed by atoms with Crippen LogP contribution in [0.25, 0.3) is 0 Å². The highest BCUT2D eigenvalue weighted by Crippen LogP contribution is 2.28. The Bertz CT molecular complexity index is 356. The zero-order chi connectivity index (χ0) is 10.7. The van der Waals surface area contributed by atoms with Crippen LogP contribution in [0.2, 0.25) is 0 Å². The molecule has 2 rings (SSSR count). The van der Waals surface area contributed by atoms with Crippen LogP contribution >= 0.6 is 0 Å². The minimum atomic E-state index is 0.208. The van der Waals surface area contributed by atoms with Gasteiger partial charge >= 0.3 is 0 Å². The Labute approximate surface area is 89.9 Å². The van der Waals surface area contributed by atoms with Gasteiger partial charge in [-0.05, 0) is 12.8 Å². The topological polar surface area (TPSA) is 42.9 Å². The van der Waals surface area contributed by atoms with Crippen molar-refractivity contribution in [2.75, 3.05) is 0 Å². The summed E-state index contributed by atoms with van der Waals surface area (Å²) in [4.78, 5) is 19.9. The molecule has 0 atom stereocenters. The number of carbonyl (C=O) groups is 1. The number of hydrogen-bond donors (Lipinski definition) is 0. The van der Waals surface area contributed by atoms with E-state index in [1.807, 2.05) is 6.92 Å². The molecule has 15 heavy (non-hydrogen) atoms. The molecular formula is C12H16N2O. The third-order valence-corrected chi connectivity index (χ3v) is 3.16. The van der Waals surface area contributed by atoms with Gasteiger partial charge in [-0.3, -0.25) is 4.79 Å².